The number of hydrogen-bond acceptors (Lipinski definition) is 4. The van der Waals surface area contributed by atoms with Crippen molar-refractivity contribution in [3.63, 3.8) is 0 Å². The van der Waals surface area contributed by atoms with Crippen molar-refractivity contribution in [3.8, 4) is 0 Å². The number of hydrogen-bond donors (Lipinski definition) is 1. The number of halogens is 2. The monoisotopic (exact) mass is 508 g/mol. The topological polar surface area (TPSA) is 59.4 Å². The van der Waals surface area contributed by atoms with Crippen LogP contribution in [0, 0.1) is 6.92 Å². The highest BCUT2D eigenvalue weighted by atomic mass is 35.5. The number of amides is 1. The number of morpholine rings is 1. The van der Waals surface area contributed by atoms with Crippen molar-refractivity contribution < 1.29 is 9.53 Å². The predicted molar refractivity (Wildman–Crippen MR) is 139 cm³/mol. The van der Waals surface area contributed by atoms with Crippen molar-refractivity contribution in [3.05, 3.63) is 52.3 Å². The SMILES string of the molecule is Cc1cc(C2CCC(N3C[C@H](C(=O)NC(C)C)OC[C@@H]3Cc3ccc(Cl)cc3)CC2)nn1C.Cl. The van der Waals surface area contributed by atoms with E-state index in [4.69, 9.17) is 21.4 Å². The number of carbonyl (C=O) groups is 1. The van der Waals surface area contributed by atoms with Gasteiger partial charge in [-0.1, -0.05) is 23.7 Å². The first-order chi connectivity index (χ1) is 15.8. The van der Waals surface area contributed by atoms with Crippen molar-refractivity contribution >= 4 is 29.9 Å². The average Bonchev–Trinajstić information content (AvgIpc) is 3.13. The number of rotatable bonds is 6. The first-order valence-electron chi connectivity index (χ1n) is 12.2. The van der Waals surface area contributed by atoms with Crippen molar-refractivity contribution in [1.82, 2.24) is 20.0 Å². The molecule has 6 nitrogen and oxygen atoms in total. The molecule has 1 aliphatic heterocycles. The number of aromatic nitrogens is 2. The molecule has 2 fully saturated rings. The minimum absolute atomic E-state index is 0. The van der Waals surface area contributed by atoms with Crippen LogP contribution < -0.4 is 5.32 Å². The minimum Gasteiger partial charge on any atom is -0.365 e. The van der Waals surface area contributed by atoms with Crippen LogP contribution in [0.3, 0.4) is 0 Å². The van der Waals surface area contributed by atoms with E-state index in [1.54, 1.807) is 0 Å². The summed E-state index contributed by atoms with van der Waals surface area (Å²) < 4.78 is 8.06. The molecule has 4 rings (SSSR count). The smallest absolute Gasteiger partial charge is 0.250 e. The molecule has 188 valence electrons. The average molecular weight is 510 g/mol. The summed E-state index contributed by atoms with van der Waals surface area (Å²) >= 11 is 6.09. The molecule has 1 N–H and O–H groups in total. The third-order valence-corrected chi connectivity index (χ3v) is 7.41. The van der Waals surface area contributed by atoms with Gasteiger partial charge >= 0.3 is 0 Å². The summed E-state index contributed by atoms with van der Waals surface area (Å²) in [6, 6.07) is 11.1. The van der Waals surface area contributed by atoms with Gasteiger partial charge in [0, 0.05) is 48.4 Å². The van der Waals surface area contributed by atoms with Gasteiger partial charge in [0.15, 0.2) is 0 Å². The van der Waals surface area contributed by atoms with E-state index in [9.17, 15) is 4.79 Å². The van der Waals surface area contributed by atoms with Gasteiger partial charge in [-0.3, -0.25) is 14.4 Å². The van der Waals surface area contributed by atoms with E-state index in [1.165, 1.54) is 17.0 Å². The van der Waals surface area contributed by atoms with E-state index in [0.29, 0.717) is 25.1 Å². The van der Waals surface area contributed by atoms with Gasteiger partial charge in [0.25, 0.3) is 5.91 Å². The number of carbonyl (C=O) groups excluding carboxylic acids is 1. The Balaban J connectivity index is 0.00000324. The predicted octanol–water partition coefficient (Wildman–Crippen LogP) is 4.67. The van der Waals surface area contributed by atoms with Gasteiger partial charge in [-0.25, -0.2) is 0 Å². The molecular formula is C26H38Cl2N4O2. The Bertz CT molecular complexity index is 919. The molecule has 2 heterocycles. The Hall–Kier alpha value is -1.60. The molecule has 1 aromatic heterocycles. The van der Waals surface area contributed by atoms with Gasteiger partial charge in [0.1, 0.15) is 6.10 Å². The number of nitrogens with zero attached hydrogens (tertiary/aromatic N) is 3. The third kappa shape index (κ3) is 6.54. The maximum Gasteiger partial charge on any atom is 0.250 e. The second kappa shape index (κ2) is 11.9. The third-order valence-electron chi connectivity index (χ3n) is 7.16. The fourth-order valence-corrected chi connectivity index (χ4v) is 5.39. The van der Waals surface area contributed by atoms with Crippen LogP contribution in [-0.2, 0) is 23.0 Å². The van der Waals surface area contributed by atoms with Crippen LogP contribution in [0.2, 0.25) is 5.02 Å². The zero-order valence-electron chi connectivity index (χ0n) is 20.7. The van der Waals surface area contributed by atoms with Crippen molar-refractivity contribution in [2.24, 2.45) is 7.05 Å². The Morgan fingerprint density at radius 1 is 1.21 bits per heavy atom. The van der Waals surface area contributed by atoms with E-state index < -0.39 is 6.10 Å². The van der Waals surface area contributed by atoms with Gasteiger partial charge < -0.3 is 10.1 Å². The summed E-state index contributed by atoms with van der Waals surface area (Å²) in [5, 5.41) is 8.51. The molecule has 0 bridgehead atoms. The molecule has 0 unspecified atom stereocenters. The lowest BCUT2D eigenvalue weighted by Gasteiger charge is -2.46. The molecule has 2 aliphatic rings. The molecule has 8 heteroatoms. The van der Waals surface area contributed by atoms with Gasteiger partial charge in [-0.2, -0.15) is 5.10 Å². The van der Waals surface area contributed by atoms with Crippen LogP contribution >= 0.6 is 24.0 Å². The highest BCUT2D eigenvalue weighted by Gasteiger charge is 2.38. The summed E-state index contributed by atoms with van der Waals surface area (Å²) in [4.78, 5) is 15.3. The van der Waals surface area contributed by atoms with Gasteiger partial charge in [-0.05, 0) is 76.6 Å². The van der Waals surface area contributed by atoms with E-state index >= 15 is 0 Å². The maximum absolute atomic E-state index is 12.7. The highest BCUT2D eigenvalue weighted by Crippen LogP contribution is 2.36. The molecule has 2 atom stereocenters. The van der Waals surface area contributed by atoms with E-state index in [0.717, 1.165) is 37.1 Å². The zero-order chi connectivity index (χ0) is 23.5. The normalized spacial score (nSPS) is 25.7. The Morgan fingerprint density at radius 3 is 2.47 bits per heavy atom. The van der Waals surface area contributed by atoms with Crippen LogP contribution in [0.1, 0.15) is 62.4 Å². The quantitative estimate of drug-likeness (QED) is 0.615. The van der Waals surface area contributed by atoms with Crippen molar-refractivity contribution in [2.75, 3.05) is 13.2 Å². The summed E-state index contributed by atoms with van der Waals surface area (Å²) in [5.41, 5.74) is 3.69. The molecule has 0 spiro atoms. The molecule has 1 saturated heterocycles. The second-order valence-corrected chi connectivity index (χ2v) is 10.4. The van der Waals surface area contributed by atoms with Crippen LogP contribution in [0.25, 0.3) is 0 Å². The summed E-state index contributed by atoms with van der Waals surface area (Å²) in [6.07, 6.45) is 5.00. The molecular weight excluding hydrogens is 471 g/mol. The van der Waals surface area contributed by atoms with E-state index in [1.807, 2.05) is 37.7 Å². The standard InChI is InChI=1S/C26H37ClN4O2.ClH/c1-17(2)28-26(32)25-15-31(23(16-33-25)14-19-5-9-21(27)10-6-19)22-11-7-20(8-12-22)24-13-18(3)30(4)29-24;/h5-6,9-10,13,17,20,22-23,25H,7-8,11-12,14-16H2,1-4H3,(H,28,32);1H/t20?,22?,23-,25+;/m0./s1. The highest BCUT2D eigenvalue weighted by molar-refractivity contribution is 6.30. The Morgan fingerprint density at radius 2 is 1.88 bits per heavy atom. The van der Waals surface area contributed by atoms with Crippen LogP contribution in [0.4, 0.5) is 0 Å². The molecule has 2 aromatic rings. The number of ether oxygens (including phenoxy) is 1. The lowest BCUT2D eigenvalue weighted by Crippen LogP contribution is -2.59. The first kappa shape index (κ1) is 27.0. The van der Waals surface area contributed by atoms with Crippen LogP contribution in [0.15, 0.2) is 30.3 Å². The number of nitrogens with one attached hydrogen (secondary N) is 1. The van der Waals surface area contributed by atoms with Crippen molar-refractivity contribution in [2.45, 2.75) is 83.0 Å². The molecule has 1 aromatic carbocycles. The second-order valence-electron chi connectivity index (χ2n) is 10.0. The van der Waals surface area contributed by atoms with Gasteiger partial charge in [0.05, 0.1) is 12.3 Å². The minimum atomic E-state index is -0.412. The lowest BCUT2D eigenvalue weighted by atomic mass is 9.82. The fraction of sp³-hybridized carbons (Fsp3) is 0.615. The van der Waals surface area contributed by atoms with Crippen LogP contribution in [-0.4, -0.2) is 58.0 Å². The lowest BCUT2D eigenvalue weighted by molar-refractivity contribution is -0.145. The molecule has 1 amide bonds. The first-order valence-corrected chi connectivity index (χ1v) is 12.6. The number of benzene rings is 1. The summed E-state index contributed by atoms with van der Waals surface area (Å²) in [5.74, 6) is 0.523. The Labute approximate surface area is 214 Å². The van der Waals surface area contributed by atoms with E-state index in [-0.39, 0.29) is 30.4 Å². The molecule has 34 heavy (non-hydrogen) atoms. The van der Waals surface area contributed by atoms with E-state index in [2.05, 4.69) is 35.3 Å². The zero-order valence-corrected chi connectivity index (χ0v) is 22.2. The molecule has 1 aliphatic carbocycles. The fourth-order valence-electron chi connectivity index (χ4n) is 5.26. The van der Waals surface area contributed by atoms with Gasteiger partial charge in [-0.15, -0.1) is 12.4 Å². The Kier molecular flexibility index (Phi) is 9.44. The largest absolute Gasteiger partial charge is 0.365 e. The molecule has 0 radical (unpaired) electrons. The summed E-state index contributed by atoms with van der Waals surface area (Å²) in [6.45, 7) is 7.30. The van der Waals surface area contributed by atoms with Crippen molar-refractivity contribution in [1.29, 1.82) is 0 Å². The summed E-state index contributed by atoms with van der Waals surface area (Å²) in [7, 11) is 2.02. The maximum atomic E-state index is 12.7. The number of aryl methyl sites for hydroxylation is 2. The molecule has 1 saturated carbocycles. The van der Waals surface area contributed by atoms with Gasteiger partial charge in [0.2, 0.25) is 0 Å². The van der Waals surface area contributed by atoms with Crippen LogP contribution in [0.5, 0.6) is 0 Å².